The van der Waals surface area contributed by atoms with Crippen molar-refractivity contribution in [2.75, 3.05) is 25.6 Å². The van der Waals surface area contributed by atoms with Crippen LogP contribution in [-0.2, 0) is 28.1 Å². The smallest absolute Gasteiger partial charge is 0.126 e. The summed E-state index contributed by atoms with van der Waals surface area (Å²) < 4.78 is 6.39. The Balaban J connectivity index is 0.000000333. The van der Waals surface area contributed by atoms with E-state index in [-0.39, 0.29) is 21.7 Å². The Kier molecular flexibility index (Phi) is 10.8. The highest BCUT2D eigenvalue weighted by Crippen LogP contribution is 2.40. The van der Waals surface area contributed by atoms with E-state index < -0.39 is 0 Å². The highest BCUT2D eigenvalue weighted by atomic mass is 16.5. The van der Waals surface area contributed by atoms with E-state index in [4.69, 9.17) is 4.74 Å². The maximum atomic E-state index is 10.3. The van der Waals surface area contributed by atoms with Crippen molar-refractivity contribution in [3.63, 3.8) is 0 Å². The van der Waals surface area contributed by atoms with Crippen molar-refractivity contribution in [1.82, 2.24) is 0 Å². The van der Waals surface area contributed by atoms with Gasteiger partial charge in [-0.15, -0.1) is 0 Å². The fourth-order valence-corrected chi connectivity index (χ4v) is 4.86. The van der Waals surface area contributed by atoms with Gasteiger partial charge in [-0.1, -0.05) is 132 Å². The molecule has 1 N–H and O–H groups in total. The first-order valence-electron chi connectivity index (χ1n) is 15.0. The van der Waals surface area contributed by atoms with Crippen molar-refractivity contribution in [1.29, 1.82) is 0 Å². The van der Waals surface area contributed by atoms with Crippen molar-refractivity contribution in [3.8, 4) is 11.5 Å². The predicted molar refractivity (Wildman–Crippen MR) is 179 cm³/mol. The number of phenols is 1. The summed E-state index contributed by atoms with van der Waals surface area (Å²) in [4.78, 5) is 2.12. The standard InChI is InChI=1S/C24H35NO.C14H22O/c1-23(2,3)20-10-9-11-21(24(4,5)6)22(20)26-17-16-18-12-14-19(15-13-18)25(7)8;1-13(2,3)10-8-7-9-11(12(10)15)14(4,5)6/h9-15H,16-17H2,1-8H3;7-9,15H,1-6H3. The van der Waals surface area contributed by atoms with E-state index in [1.165, 1.54) is 22.4 Å². The summed E-state index contributed by atoms with van der Waals surface area (Å²) in [5.74, 6) is 1.52. The van der Waals surface area contributed by atoms with E-state index in [0.717, 1.165) is 23.3 Å². The molecular weight excluding hydrogens is 502 g/mol. The van der Waals surface area contributed by atoms with E-state index >= 15 is 0 Å². The molecule has 3 nitrogen and oxygen atoms in total. The number of phenolic OH excluding ortho intramolecular Hbond substituents is 1. The molecule has 0 aliphatic heterocycles. The Morgan fingerprint density at radius 2 is 0.927 bits per heavy atom. The number of anilines is 1. The van der Waals surface area contributed by atoms with Gasteiger partial charge in [-0.2, -0.15) is 0 Å². The molecule has 3 aromatic rings. The number of hydrogen-bond acceptors (Lipinski definition) is 3. The minimum atomic E-state index is -0.00859. The Morgan fingerprint density at radius 3 is 1.27 bits per heavy atom. The van der Waals surface area contributed by atoms with Gasteiger partial charge in [0, 0.05) is 26.2 Å². The second kappa shape index (κ2) is 12.9. The maximum absolute atomic E-state index is 10.3. The zero-order chi connectivity index (χ0) is 31.4. The molecule has 41 heavy (non-hydrogen) atoms. The third-order valence-electron chi connectivity index (χ3n) is 7.37. The third kappa shape index (κ3) is 9.55. The summed E-state index contributed by atoms with van der Waals surface area (Å²) >= 11 is 0. The number of hydrogen-bond donors (Lipinski definition) is 1. The van der Waals surface area contributed by atoms with Gasteiger partial charge in [-0.3, -0.25) is 0 Å². The predicted octanol–water partition coefficient (Wildman–Crippen LogP) is 9.96. The lowest BCUT2D eigenvalue weighted by Gasteiger charge is -2.29. The van der Waals surface area contributed by atoms with Crippen LogP contribution < -0.4 is 9.64 Å². The van der Waals surface area contributed by atoms with Crippen molar-refractivity contribution in [2.24, 2.45) is 0 Å². The van der Waals surface area contributed by atoms with Crippen LogP contribution in [0.3, 0.4) is 0 Å². The summed E-state index contributed by atoms with van der Waals surface area (Å²) in [6.07, 6.45) is 0.912. The number of aromatic hydroxyl groups is 1. The number of benzene rings is 3. The molecule has 0 fully saturated rings. The highest BCUT2D eigenvalue weighted by Gasteiger charge is 2.27. The molecule has 0 bridgehead atoms. The first-order chi connectivity index (χ1) is 18.6. The molecule has 3 heteroatoms. The molecule has 0 amide bonds. The molecular formula is C38H57NO2. The topological polar surface area (TPSA) is 32.7 Å². The molecule has 0 radical (unpaired) electrons. The average Bonchev–Trinajstić information content (AvgIpc) is 2.82. The van der Waals surface area contributed by atoms with Crippen LogP contribution >= 0.6 is 0 Å². The second-order valence-electron chi connectivity index (χ2n) is 15.5. The van der Waals surface area contributed by atoms with E-state index in [1.807, 2.05) is 18.2 Å². The van der Waals surface area contributed by atoms with Crippen LogP contribution in [0.5, 0.6) is 11.5 Å². The van der Waals surface area contributed by atoms with Crippen molar-refractivity contribution < 1.29 is 9.84 Å². The Hall–Kier alpha value is -2.94. The van der Waals surface area contributed by atoms with Crippen molar-refractivity contribution in [3.05, 3.63) is 88.5 Å². The molecule has 226 valence electrons. The third-order valence-corrected chi connectivity index (χ3v) is 7.37. The normalized spacial score (nSPS) is 12.4. The first kappa shape index (κ1) is 34.3. The summed E-state index contributed by atoms with van der Waals surface area (Å²) in [6.45, 7) is 26.9. The fourth-order valence-electron chi connectivity index (χ4n) is 4.86. The molecule has 0 aromatic heterocycles. The van der Waals surface area contributed by atoms with E-state index in [9.17, 15) is 5.11 Å². The van der Waals surface area contributed by atoms with Gasteiger partial charge in [0.15, 0.2) is 0 Å². The molecule has 0 aliphatic rings. The number of para-hydroxylation sites is 2. The van der Waals surface area contributed by atoms with Gasteiger partial charge in [-0.05, 0) is 61.6 Å². The fraction of sp³-hybridized carbons (Fsp3) is 0.526. The Bertz CT molecular complexity index is 1190. The molecule has 0 saturated heterocycles. The van der Waals surface area contributed by atoms with E-state index in [2.05, 4.69) is 145 Å². The summed E-state index contributed by atoms with van der Waals surface area (Å²) in [7, 11) is 4.13. The average molecular weight is 560 g/mol. The summed E-state index contributed by atoms with van der Waals surface area (Å²) in [6, 6.07) is 21.3. The Morgan fingerprint density at radius 1 is 0.561 bits per heavy atom. The molecule has 3 rings (SSSR count). The largest absolute Gasteiger partial charge is 0.507 e. The van der Waals surface area contributed by atoms with Crippen molar-refractivity contribution >= 4 is 5.69 Å². The monoisotopic (exact) mass is 559 g/mol. The zero-order valence-electron chi connectivity index (χ0n) is 28.5. The van der Waals surface area contributed by atoms with Gasteiger partial charge in [0.05, 0.1) is 6.61 Å². The van der Waals surface area contributed by atoms with Crippen LogP contribution in [0, 0.1) is 0 Å². The van der Waals surface area contributed by atoms with Crippen LogP contribution in [0.25, 0.3) is 0 Å². The maximum Gasteiger partial charge on any atom is 0.126 e. The van der Waals surface area contributed by atoms with E-state index in [1.54, 1.807) is 0 Å². The molecule has 0 heterocycles. The van der Waals surface area contributed by atoms with Gasteiger partial charge in [0.25, 0.3) is 0 Å². The molecule has 3 aromatic carbocycles. The van der Waals surface area contributed by atoms with Crippen LogP contribution in [-0.4, -0.2) is 25.8 Å². The molecule has 0 saturated carbocycles. The summed E-state index contributed by atoms with van der Waals surface area (Å²) in [5, 5.41) is 10.3. The lowest BCUT2D eigenvalue weighted by molar-refractivity contribution is 0.303. The first-order valence-corrected chi connectivity index (χ1v) is 15.0. The Labute approximate surface area is 252 Å². The quantitative estimate of drug-likeness (QED) is 0.338. The van der Waals surface area contributed by atoms with E-state index in [0.29, 0.717) is 12.4 Å². The molecule has 0 spiro atoms. The van der Waals surface area contributed by atoms with Crippen molar-refractivity contribution in [2.45, 2.75) is 111 Å². The van der Waals surface area contributed by atoms with Crippen LogP contribution in [0.15, 0.2) is 60.7 Å². The van der Waals surface area contributed by atoms with Crippen LogP contribution in [0.4, 0.5) is 5.69 Å². The molecule has 0 atom stereocenters. The SMILES string of the molecule is CC(C)(C)c1cccc(C(C)(C)C)c1O.CN(C)c1ccc(CCOc2c(C(C)(C)C)cccc2C(C)(C)C)cc1. The van der Waals surface area contributed by atoms with Gasteiger partial charge < -0.3 is 14.7 Å². The lowest BCUT2D eigenvalue weighted by Crippen LogP contribution is -2.20. The van der Waals surface area contributed by atoms with Gasteiger partial charge >= 0.3 is 0 Å². The highest BCUT2D eigenvalue weighted by molar-refractivity contribution is 5.49. The number of rotatable bonds is 5. The number of ether oxygens (including phenoxy) is 1. The lowest BCUT2D eigenvalue weighted by atomic mass is 9.79. The minimum absolute atomic E-state index is 0.00859. The summed E-state index contributed by atoms with van der Waals surface area (Å²) in [5.41, 5.74) is 7.25. The van der Waals surface area contributed by atoms with Crippen LogP contribution in [0.1, 0.15) is 111 Å². The van der Waals surface area contributed by atoms with Gasteiger partial charge in [0.2, 0.25) is 0 Å². The molecule has 0 aliphatic carbocycles. The van der Waals surface area contributed by atoms with Gasteiger partial charge in [-0.25, -0.2) is 0 Å². The molecule has 0 unspecified atom stereocenters. The van der Waals surface area contributed by atoms with Crippen LogP contribution in [0.2, 0.25) is 0 Å². The van der Waals surface area contributed by atoms with Gasteiger partial charge in [0.1, 0.15) is 11.5 Å². The zero-order valence-corrected chi connectivity index (χ0v) is 28.5. The number of nitrogens with zero attached hydrogens (tertiary/aromatic N) is 1. The minimum Gasteiger partial charge on any atom is -0.507 e. The second-order valence-corrected chi connectivity index (χ2v) is 15.5.